The van der Waals surface area contributed by atoms with Gasteiger partial charge in [0.2, 0.25) is 0 Å². The smallest absolute Gasteiger partial charge is 0.314 e. The first-order chi connectivity index (χ1) is 10.9. The molecular weight excluding hydrogens is 316 g/mol. The predicted molar refractivity (Wildman–Crippen MR) is 89.5 cm³/mol. The fraction of sp³-hybridized carbons (Fsp3) is 0.353. The first kappa shape index (κ1) is 17.4. The molecule has 5 nitrogen and oxygen atoms in total. The zero-order chi connectivity index (χ0) is 16.9. The van der Waals surface area contributed by atoms with E-state index in [2.05, 4.69) is 10.6 Å². The number of aliphatic hydroxyl groups excluding tert-OH is 1. The summed E-state index contributed by atoms with van der Waals surface area (Å²) in [5.41, 5.74) is 0.780. The van der Waals surface area contributed by atoms with Gasteiger partial charge in [-0.3, -0.25) is 0 Å². The molecule has 2 rings (SSSR count). The van der Waals surface area contributed by atoms with E-state index >= 15 is 0 Å². The van der Waals surface area contributed by atoms with Crippen molar-refractivity contribution in [3.63, 3.8) is 0 Å². The molecule has 23 heavy (non-hydrogen) atoms. The van der Waals surface area contributed by atoms with E-state index in [9.17, 15) is 9.90 Å². The van der Waals surface area contributed by atoms with Crippen molar-refractivity contribution in [1.29, 1.82) is 0 Å². The number of hydrogen-bond acceptors (Lipinski definition) is 3. The van der Waals surface area contributed by atoms with E-state index in [0.717, 1.165) is 5.56 Å². The van der Waals surface area contributed by atoms with E-state index in [1.54, 1.807) is 12.1 Å². The maximum Gasteiger partial charge on any atom is 0.314 e. The van der Waals surface area contributed by atoms with Crippen molar-refractivity contribution in [3.8, 4) is 0 Å². The van der Waals surface area contributed by atoms with Crippen LogP contribution < -0.4 is 10.6 Å². The van der Waals surface area contributed by atoms with Crippen molar-refractivity contribution in [1.82, 2.24) is 10.6 Å². The molecule has 0 saturated carbocycles. The lowest BCUT2D eigenvalue weighted by atomic mass is 9.85. The lowest BCUT2D eigenvalue weighted by Crippen LogP contribution is -2.43. The van der Waals surface area contributed by atoms with Crippen LogP contribution in [0.2, 0.25) is 5.02 Å². The lowest BCUT2D eigenvalue weighted by Gasteiger charge is -2.26. The topological polar surface area (TPSA) is 74.5 Å². The summed E-state index contributed by atoms with van der Waals surface area (Å²) in [6.45, 7) is 4.57. The van der Waals surface area contributed by atoms with Crippen LogP contribution in [0, 0.1) is 0 Å². The molecule has 1 atom stereocenters. The molecule has 0 spiro atoms. The number of rotatable bonds is 6. The maximum absolute atomic E-state index is 11.9. The summed E-state index contributed by atoms with van der Waals surface area (Å²) >= 11 is 6.01. The van der Waals surface area contributed by atoms with Crippen molar-refractivity contribution in [2.45, 2.75) is 25.4 Å². The first-order valence-electron chi connectivity index (χ1n) is 7.38. The van der Waals surface area contributed by atoms with E-state index in [0.29, 0.717) is 17.3 Å². The average molecular weight is 337 g/mol. The van der Waals surface area contributed by atoms with Crippen LogP contribution in [0.1, 0.15) is 31.3 Å². The Balaban J connectivity index is 1.81. The molecule has 1 aromatic carbocycles. The van der Waals surface area contributed by atoms with E-state index in [-0.39, 0.29) is 18.0 Å². The van der Waals surface area contributed by atoms with Crippen LogP contribution >= 0.6 is 11.6 Å². The minimum atomic E-state index is -0.864. The summed E-state index contributed by atoms with van der Waals surface area (Å²) in [5, 5.41) is 15.9. The van der Waals surface area contributed by atoms with Crippen LogP contribution in [0.15, 0.2) is 47.1 Å². The number of furan rings is 1. The molecule has 0 saturated heterocycles. The highest BCUT2D eigenvalue weighted by atomic mass is 35.5. The molecule has 0 radical (unpaired) electrons. The summed E-state index contributed by atoms with van der Waals surface area (Å²) in [7, 11) is 0. The van der Waals surface area contributed by atoms with Crippen molar-refractivity contribution >= 4 is 17.6 Å². The highest BCUT2D eigenvalue weighted by Crippen LogP contribution is 2.24. The molecule has 1 unspecified atom stereocenters. The van der Waals surface area contributed by atoms with Gasteiger partial charge in [-0.25, -0.2) is 4.79 Å². The Hall–Kier alpha value is -1.98. The van der Waals surface area contributed by atoms with Crippen LogP contribution in [-0.4, -0.2) is 24.2 Å². The molecule has 6 heteroatoms. The molecule has 0 bridgehead atoms. The number of benzene rings is 1. The van der Waals surface area contributed by atoms with Gasteiger partial charge < -0.3 is 20.2 Å². The van der Waals surface area contributed by atoms with Crippen LogP contribution in [0.25, 0.3) is 0 Å². The summed E-state index contributed by atoms with van der Waals surface area (Å²) in [6, 6.07) is 10.6. The second-order valence-electron chi connectivity index (χ2n) is 5.99. The number of carbonyl (C=O) groups is 1. The minimum absolute atomic E-state index is 0.0803. The number of hydrogen-bond donors (Lipinski definition) is 3. The van der Waals surface area contributed by atoms with E-state index in [1.165, 1.54) is 6.26 Å². The molecule has 0 aliphatic rings. The Bertz CT molecular complexity index is 641. The summed E-state index contributed by atoms with van der Waals surface area (Å²) in [4.78, 5) is 11.9. The number of urea groups is 1. The second-order valence-corrected chi connectivity index (χ2v) is 6.43. The number of aliphatic hydroxyl groups is 1. The molecule has 0 fully saturated rings. The Morgan fingerprint density at radius 3 is 2.74 bits per heavy atom. The molecule has 0 aliphatic heterocycles. The molecule has 3 N–H and O–H groups in total. The van der Waals surface area contributed by atoms with E-state index < -0.39 is 6.10 Å². The van der Waals surface area contributed by atoms with E-state index in [4.69, 9.17) is 16.0 Å². The average Bonchev–Trinajstić information content (AvgIpc) is 3.05. The van der Waals surface area contributed by atoms with Gasteiger partial charge in [0.25, 0.3) is 0 Å². The molecule has 2 aromatic rings. The zero-order valence-corrected chi connectivity index (χ0v) is 13.9. The van der Waals surface area contributed by atoms with Gasteiger partial charge >= 0.3 is 6.03 Å². The lowest BCUT2D eigenvalue weighted by molar-refractivity contribution is 0.147. The highest BCUT2D eigenvalue weighted by molar-refractivity contribution is 6.30. The van der Waals surface area contributed by atoms with Gasteiger partial charge in [-0.1, -0.05) is 37.6 Å². The number of halogens is 1. The third-order valence-corrected chi connectivity index (χ3v) is 3.86. The van der Waals surface area contributed by atoms with Gasteiger partial charge in [-0.2, -0.15) is 0 Å². The van der Waals surface area contributed by atoms with Gasteiger partial charge in [0.15, 0.2) is 0 Å². The van der Waals surface area contributed by atoms with Crippen molar-refractivity contribution in [2.75, 3.05) is 13.1 Å². The predicted octanol–water partition coefficient (Wildman–Crippen LogP) is 3.24. The minimum Gasteiger partial charge on any atom is -0.467 e. The standard InChI is InChI=1S/C17H21ClN2O3/c1-17(2,12-5-3-6-13(18)9-12)11-20-16(22)19-10-14(21)15-7-4-8-23-15/h3-9,14,21H,10-11H2,1-2H3,(H2,19,20,22). The Morgan fingerprint density at radius 2 is 2.09 bits per heavy atom. The molecule has 0 aliphatic carbocycles. The quantitative estimate of drug-likeness (QED) is 0.758. The summed E-state index contributed by atoms with van der Waals surface area (Å²) < 4.78 is 5.08. The summed E-state index contributed by atoms with van der Waals surface area (Å²) in [5.74, 6) is 0.421. The molecular formula is C17H21ClN2O3. The molecule has 124 valence electrons. The summed E-state index contributed by atoms with van der Waals surface area (Å²) in [6.07, 6.45) is 0.614. The third-order valence-electron chi connectivity index (χ3n) is 3.62. The molecule has 1 aromatic heterocycles. The third kappa shape index (κ3) is 5.01. The monoisotopic (exact) mass is 336 g/mol. The number of carbonyl (C=O) groups excluding carboxylic acids is 1. The van der Waals surface area contributed by atoms with Gasteiger partial charge in [0, 0.05) is 17.0 Å². The van der Waals surface area contributed by atoms with E-state index in [1.807, 2.05) is 38.1 Å². The van der Waals surface area contributed by atoms with Crippen molar-refractivity contribution in [2.24, 2.45) is 0 Å². The molecule has 1 heterocycles. The largest absolute Gasteiger partial charge is 0.467 e. The normalized spacial score (nSPS) is 12.7. The highest BCUT2D eigenvalue weighted by Gasteiger charge is 2.22. The van der Waals surface area contributed by atoms with Gasteiger partial charge in [0.1, 0.15) is 11.9 Å². The van der Waals surface area contributed by atoms with Crippen LogP contribution in [0.3, 0.4) is 0 Å². The Morgan fingerprint density at radius 1 is 1.30 bits per heavy atom. The maximum atomic E-state index is 11.9. The van der Waals surface area contributed by atoms with Crippen molar-refractivity contribution in [3.05, 3.63) is 59.0 Å². The van der Waals surface area contributed by atoms with Gasteiger partial charge in [-0.15, -0.1) is 0 Å². The van der Waals surface area contributed by atoms with Crippen LogP contribution in [0.5, 0.6) is 0 Å². The first-order valence-corrected chi connectivity index (χ1v) is 7.75. The van der Waals surface area contributed by atoms with Crippen LogP contribution in [0.4, 0.5) is 4.79 Å². The van der Waals surface area contributed by atoms with Gasteiger partial charge in [0.05, 0.1) is 12.8 Å². The number of nitrogens with one attached hydrogen (secondary N) is 2. The second kappa shape index (κ2) is 7.53. The van der Waals surface area contributed by atoms with Gasteiger partial charge in [-0.05, 0) is 29.8 Å². The Labute approximate surface area is 140 Å². The number of amides is 2. The SMILES string of the molecule is CC(C)(CNC(=O)NCC(O)c1ccco1)c1cccc(Cl)c1. The Kier molecular flexibility index (Phi) is 5.69. The van der Waals surface area contributed by atoms with Crippen LogP contribution in [-0.2, 0) is 5.41 Å². The fourth-order valence-electron chi connectivity index (χ4n) is 2.15. The molecule has 2 amide bonds. The van der Waals surface area contributed by atoms with Crippen molar-refractivity contribution < 1.29 is 14.3 Å². The fourth-order valence-corrected chi connectivity index (χ4v) is 2.34. The zero-order valence-electron chi connectivity index (χ0n) is 13.2.